The van der Waals surface area contributed by atoms with E-state index in [0.29, 0.717) is 15.9 Å². The van der Waals surface area contributed by atoms with Crippen LogP contribution in [0.3, 0.4) is 0 Å². The number of nitrogens with zero attached hydrogens (tertiary/aromatic N) is 3. The van der Waals surface area contributed by atoms with Crippen molar-refractivity contribution >= 4 is 27.6 Å². The summed E-state index contributed by atoms with van der Waals surface area (Å²) >= 11 is 3.27. The Morgan fingerprint density at radius 2 is 1.95 bits per heavy atom. The van der Waals surface area contributed by atoms with Crippen molar-refractivity contribution in [1.29, 1.82) is 0 Å². The number of carbonyl (C=O) groups is 1. The summed E-state index contributed by atoms with van der Waals surface area (Å²) in [5, 5.41) is 23.9. The molecule has 110 valence electrons. The monoisotopic (exact) mass is 353 g/mol. The van der Waals surface area contributed by atoms with Gasteiger partial charge in [0.1, 0.15) is 0 Å². The highest BCUT2D eigenvalue weighted by Gasteiger charge is 2.23. The van der Waals surface area contributed by atoms with E-state index in [9.17, 15) is 14.9 Å². The largest absolute Gasteiger partial charge is 0.476 e. The van der Waals surface area contributed by atoms with Crippen molar-refractivity contribution in [2.75, 3.05) is 0 Å². The molecular weight excluding hydrogens is 342 g/mol. The van der Waals surface area contributed by atoms with E-state index in [1.165, 1.54) is 28.9 Å². The first kappa shape index (κ1) is 15.2. The Morgan fingerprint density at radius 1 is 1.38 bits per heavy atom. The van der Waals surface area contributed by atoms with E-state index in [1.807, 2.05) is 13.8 Å². The Kier molecular flexibility index (Phi) is 4.08. The molecule has 0 aliphatic heterocycles. The second kappa shape index (κ2) is 5.65. The lowest BCUT2D eigenvalue weighted by atomic mass is 10.1. The second-order valence-corrected chi connectivity index (χ2v) is 5.49. The maximum Gasteiger partial charge on any atom is 0.357 e. The minimum Gasteiger partial charge on any atom is -0.476 e. The molecule has 0 bridgehead atoms. The zero-order valence-corrected chi connectivity index (χ0v) is 12.9. The van der Waals surface area contributed by atoms with Crippen molar-refractivity contribution < 1.29 is 14.8 Å². The molecule has 0 amide bonds. The van der Waals surface area contributed by atoms with Gasteiger partial charge in [-0.25, -0.2) is 9.48 Å². The molecule has 0 spiro atoms. The minimum atomic E-state index is -1.13. The number of nitro groups is 1. The maximum absolute atomic E-state index is 11.2. The topological polar surface area (TPSA) is 98.3 Å². The van der Waals surface area contributed by atoms with Crippen molar-refractivity contribution in [3.05, 3.63) is 50.2 Å². The van der Waals surface area contributed by atoms with Gasteiger partial charge >= 0.3 is 5.97 Å². The zero-order chi connectivity index (χ0) is 15.7. The van der Waals surface area contributed by atoms with Gasteiger partial charge in [-0.2, -0.15) is 5.10 Å². The van der Waals surface area contributed by atoms with Crippen molar-refractivity contribution in [2.45, 2.75) is 19.8 Å². The van der Waals surface area contributed by atoms with Gasteiger partial charge in [-0.15, -0.1) is 0 Å². The van der Waals surface area contributed by atoms with Crippen LogP contribution in [0.15, 0.2) is 28.7 Å². The lowest BCUT2D eigenvalue weighted by Gasteiger charge is -2.10. The normalized spacial score (nSPS) is 10.9. The Hall–Kier alpha value is -2.22. The summed E-state index contributed by atoms with van der Waals surface area (Å²) in [6.45, 7) is 3.82. The lowest BCUT2D eigenvalue weighted by Crippen LogP contribution is -2.05. The fourth-order valence-corrected chi connectivity index (χ4v) is 2.83. The van der Waals surface area contributed by atoms with Crippen LogP contribution in [0.25, 0.3) is 5.69 Å². The van der Waals surface area contributed by atoms with Crippen LogP contribution >= 0.6 is 15.9 Å². The first-order chi connectivity index (χ1) is 9.82. The average molecular weight is 354 g/mol. The summed E-state index contributed by atoms with van der Waals surface area (Å²) in [6, 6.07) is 5.79. The molecule has 1 N–H and O–H groups in total. The van der Waals surface area contributed by atoms with Gasteiger partial charge in [0.25, 0.3) is 5.69 Å². The molecule has 2 rings (SSSR count). The van der Waals surface area contributed by atoms with Gasteiger partial charge in [0, 0.05) is 12.1 Å². The lowest BCUT2D eigenvalue weighted by molar-refractivity contribution is -0.384. The van der Waals surface area contributed by atoms with E-state index in [1.54, 1.807) is 0 Å². The predicted molar refractivity (Wildman–Crippen MR) is 79.0 cm³/mol. The fourth-order valence-electron chi connectivity index (χ4n) is 1.96. The summed E-state index contributed by atoms with van der Waals surface area (Å²) < 4.78 is 1.91. The number of aromatic carboxylic acids is 1. The van der Waals surface area contributed by atoms with E-state index < -0.39 is 10.9 Å². The highest BCUT2D eigenvalue weighted by molar-refractivity contribution is 9.10. The van der Waals surface area contributed by atoms with Gasteiger partial charge in [0.2, 0.25) is 0 Å². The summed E-state index contributed by atoms with van der Waals surface area (Å²) in [7, 11) is 0. The number of aromatic nitrogens is 2. The van der Waals surface area contributed by atoms with Crippen LogP contribution in [-0.4, -0.2) is 25.8 Å². The molecule has 21 heavy (non-hydrogen) atoms. The maximum atomic E-state index is 11.2. The van der Waals surface area contributed by atoms with E-state index >= 15 is 0 Å². The van der Waals surface area contributed by atoms with E-state index in [0.717, 1.165) is 0 Å². The van der Waals surface area contributed by atoms with Crippen LogP contribution < -0.4 is 0 Å². The molecule has 7 nitrogen and oxygen atoms in total. The summed E-state index contributed by atoms with van der Waals surface area (Å²) in [6.07, 6.45) is 0. The number of hydrogen-bond donors (Lipinski definition) is 1. The Morgan fingerprint density at radius 3 is 2.38 bits per heavy atom. The molecule has 0 atom stereocenters. The van der Waals surface area contributed by atoms with Crippen LogP contribution in [0.2, 0.25) is 0 Å². The third-order valence-corrected chi connectivity index (χ3v) is 3.70. The zero-order valence-electron chi connectivity index (χ0n) is 11.3. The number of benzene rings is 1. The predicted octanol–water partition coefficient (Wildman–Crippen LogP) is 3.36. The highest BCUT2D eigenvalue weighted by Crippen LogP contribution is 2.30. The van der Waals surface area contributed by atoms with Gasteiger partial charge < -0.3 is 5.11 Å². The van der Waals surface area contributed by atoms with Crippen molar-refractivity contribution in [2.24, 2.45) is 0 Å². The van der Waals surface area contributed by atoms with Gasteiger partial charge in [0.05, 0.1) is 20.8 Å². The molecule has 0 radical (unpaired) electrons. The molecule has 2 aromatic rings. The van der Waals surface area contributed by atoms with E-state index in [-0.39, 0.29) is 17.3 Å². The van der Waals surface area contributed by atoms with E-state index in [2.05, 4.69) is 21.0 Å². The van der Waals surface area contributed by atoms with Crippen molar-refractivity contribution in [3.8, 4) is 5.69 Å². The third-order valence-electron chi connectivity index (χ3n) is 2.92. The van der Waals surface area contributed by atoms with Crippen LogP contribution in [0, 0.1) is 10.1 Å². The molecular formula is C13H12BrN3O4. The quantitative estimate of drug-likeness (QED) is 0.671. The Bertz CT molecular complexity index is 707. The van der Waals surface area contributed by atoms with Crippen molar-refractivity contribution in [1.82, 2.24) is 9.78 Å². The Balaban J connectivity index is 2.59. The summed E-state index contributed by atoms with van der Waals surface area (Å²) in [5.41, 5.74) is 1.14. The van der Waals surface area contributed by atoms with Crippen molar-refractivity contribution in [3.63, 3.8) is 0 Å². The molecule has 0 unspecified atom stereocenters. The van der Waals surface area contributed by atoms with Gasteiger partial charge in [0.15, 0.2) is 5.69 Å². The molecule has 1 aromatic carbocycles. The standard InChI is InChI=1S/C13H12BrN3O4/c1-7(2)12-10(14)11(13(18)19)15-16(12)8-3-5-9(6-4-8)17(20)21/h3-7H,1-2H3,(H,18,19). The minimum absolute atomic E-state index is 0.0233. The fraction of sp³-hybridized carbons (Fsp3) is 0.231. The molecule has 1 heterocycles. The Labute approximate surface area is 128 Å². The highest BCUT2D eigenvalue weighted by atomic mass is 79.9. The molecule has 0 saturated heterocycles. The third kappa shape index (κ3) is 2.80. The number of halogens is 1. The van der Waals surface area contributed by atoms with Crippen LogP contribution in [-0.2, 0) is 0 Å². The number of carboxylic acid groups (broad SMARTS) is 1. The van der Waals surface area contributed by atoms with Gasteiger partial charge in [-0.1, -0.05) is 13.8 Å². The van der Waals surface area contributed by atoms with Gasteiger partial charge in [-0.05, 0) is 34.0 Å². The molecule has 8 heteroatoms. The number of rotatable bonds is 4. The van der Waals surface area contributed by atoms with E-state index in [4.69, 9.17) is 5.11 Å². The molecule has 1 aromatic heterocycles. The second-order valence-electron chi connectivity index (χ2n) is 4.69. The number of nitro benzene ring substituents is 1. The molecule has 0 fully saturated rings. The van der Waals surface area contributed by atoms with Crippen LogP contribution in [0.5, 0.6) is 0 Å². The summed E-state index contributed by atoms with van der Waals surface area (Å²) in [4.78, 5) is 21.4. The average Bonchev–Trinajstić information content (AvgIpc) is 2.76. The first-order valence-corrected chi connectivity index (χ1v) is 6.88. The van der Waals surface area contributed by atoms with Crippen LogP contribution in [0.1, 0.15) is 35.9 Å². The first-order valence-electron chi connectivity index (χ1n) is 6.09. The molecule has 0 saturated carbocycles. The number of hydrogen-bond acceptors (Lipinski definition) is 4. The molecule has 0 aliphatic carbocycles. The van der Waals surface area contributed by atoms with Gasteiger partial charge in [-0.3, -0.25) is 10.1 Å². The molecule has 0 aliphatic rings. The number of carboxylic acids is 1. The number of non-ortho nitro benzene ring substituents is 1. The van der Waals surface area contributed by atoms with Crippen LogP contribution in [0.4, 0.5) is 5.69 Å². The SMILES string of the molecule is CC(C)c1c(Br)c(C(=O)O)nn1-c1ccc([N+](=O)[O-])cc1. The summed E-state index contributed by atoms with van der Waals surface area (Å²) in [5.74, 6) is -1.11. The smallest absolute Gasteiger partial charge is 0.357 e.